The quantitative estimate of drug-likeness (QED) is 0.702. The lowest BCUT2D eigenvalue weighted by Crippen LogP contribution is -2.39. The van der Waals surface area contributed by atoms with E-state index in [1.165, 1.54) is 17.5 Å². The maximum atomic E-state index is 6.50. The summed E-state index contributed by atoms with van der Waals surface area (Å²) in [6.45, 7) is 2.17. The number of hydrogen-bond donors (Lipinski definition) is 0. The van der Waals surface area contributed by atoms with Crippen molar-refractivity contribution in [2.45, 2.75) is 50.0 Å². The molecule has 1 atom stereocenters. The van der Waals surface area contributed by atoms with Crippen molar-refractivity contribution in [3.63, 3.8) is 0 Å². The molecule has 94 valence electrons. The summed E-state index contributed by atoms with van der Waals surface area (Å²) in [6.07, 6.45) is 5.58. The third-order valence-electron chi connectivity index (χ3n) is 4.00. The highest BCUT2D eigenvalue weighted by Crippen LogP contribution is 2.43. The molecule has 1 saturated carbocycles. The van der Waals surface area contributed by atoms with Crippen LogP contribution in [0.3, 0.4) is 0 Å². The Morgan fingerprint density at radius 1 is 1.29 bits per heavy atom. The van der Waals surface area contributed by atoms with E-state index >= 15 is 0 Å². The smallest absolute Gasteiger partial charge is 0.0696 e. The zero-order valence-electron chi connectivity index (χ0n) is 10.7. The van der Waals surface area contributed by atoms with Crippen LogP contribution in [0, 0.1) is 0 Å². The topological polar surface area (TPSA) is 9.23 Å². The molecular weight excluding hydrogens is 232 g/mol. The Hall–Kier alpha value is -0.530. The monoisotopic (exact) mass is 252 g/mol. The van der Waals surface area contributed by atoms with Gasteiger partial charge in [-0.15, -0.1) is 11.6 Å². The van der Waals surface area contributed by atoms with Gasteiger partial charge in [0.15, 0.2) is 0 Å². The molecule has 0 N–H and O–H groups in total. The summed E-state index contributed by atoms with van der Waals surface area (Å²) in [7, 11) is 1.81. The Morgan fingerprint density at radius 2 is 1.94 bits per heavy atom. The predicted octanol–water partition coefficient (Wildman–Crippen LogP) is 4.49. The van der Waals surface area contributed by atoms with Gasteiger partial charge >= 0.3 is 0 Å². The first-order chi connectivity index (χ1) is 8.19. The first-order valence-electron chi connectivity index (χ1n) is 6.47. The number of halogens is 1. The molecule has 1 nitrogen and oxygen atoms in total. The van der Waals surface area contributed by atoms with Crippen LogP contribution < -0.4 is 0 Å². The van der Waals surface area contributed by atoms with Crippen LogP contribution in [0.1, 0.15) is 49.1 Å². The van der Waals surface area contributed by atoms with Gasteiger partial charge in [0.1, 0.15) is 0 Å². The molecule has 1 fully saturated rings. The van der Waals surface area contributed by atoms with E-state index in [-0.39, 0.29) is 11.0 Å². The zero-order chi connectivity index (χ0) is 12.3. The SMILES string of the molecule is CCc1ccc(C(Cl)CC2(OC)CCC2)cc1. The summed E-state index contributed by atoms with van der Waals surface area (Å²) in [4.78, 5) is 0. The average molecular weight is 253 g/mol. The third-order valence-corrected chi connectivity index (χ3v) is 4.40. The van der Waals surface area contributed by atoms with Crippen LogP contribution in [0.4, 0.5) is 0 Å². The maximum absolute atomic E-state index is 6.50. The molecule has 17 heavy (non-hydrogen) atoms. The van der Waals surface area contributed by atoms with Gasteiger partial charge in [-0.05, 0) is 43.2 Å². The highest BCUT2D eigenvalue weighted by atomic mass is 35.5. The Morgan fingerprint density at radius 3 is 2.35 bits per heavy atom. The fourth-order valence-corrected chi connectivity index (χ4v) is 2.90. The molecule has 0 saturated heterocycles. The number of benzene rings is 1. The van der Waals surface area contributed by atoms with Crippen LogP contribution in [-0.4, -0.2) is 12.7 Å². The van der Waals surface area contributed by atoms with Crippen molar-refractivity contribution in [2.75, 3.05) is 7.11 Å². The van der Waals surface area contributed by atoms with Crippen LogP contribution in [0.5, 0.6) is 0 Å². The Labute approximate surface area is 109 Å². The summed E-state index contributed by atoms with van der Waals surface area (Å²) < 4.78 is 5.63. The Bertz CT molecular complexity index is 348. The molecule has 1 aliphatic rings. The van der Waals surface area contributed by atoms with Crippen LogP contribution in [0.2, 0.25) is 0 Å². The van der Waals surface area contributed by atoms with Gasteiger partial charge in [-0.1, -0.05) is 31.2 Å². The van der Waals surface area contributed by atoms with Crippen molar-refractivity contribution in [1.82, 2.24) is 0 Å². The molecule has 1 aromatic rings. The van der Waals surface area contributed by atoms with Crippen LogP contribution in [0.25, 0.3) is 0 Å². The lowest BCUT2D eigenvalue weighted by molar-refractivity contribution is -0.0780. The molecule has 0 spiro atoms. The van der Waals surface area contributed by atoms with Crippen LogP contribution >= 0.6 is 11.6 Å². The minimum absolute atomic E-state index is 0.0514. The number of aryl methyl sites for hydroxylation is 1. The van der Waals surface area contributed by atoms with Crippen molar-refractivity contribution < 1.29 is 4.74 Å². The standard InChI is InChI=1S/C15H21ClO/c1-3-12-5-7-13(8-6-12)14(16)11-15(17-2)9-4-10-15/h5-8,14H,3-4,9-11H2,1-2H3. The van der Waals surface area contributed by atoms with Gasteiger partial charge in [-0.25, -0.2) is 0 Å². The molecule has 0 aromatic heterocycles. The normalized spacial score (nSPS) is 19.7. The number of rotatable bonds is 5. The summed E-state index contributed by atoms with van der Waals surface area (Å²) >= 11 is 6.50. The molecule has 0 bridgehead atoms. The Balaban J connectivity index is 2.01. The van der Waals surface area contributed by atoms with Crippen molar-refractivity contribution in [1.29, 1.82) is 0 Å². The van der Waals surface area contributed by atoms with Gasteiger partial charge in [0.2, 0.25) is 0 Å². The molecule has 0 amide bonds. The van der Waals surface area contributed by atoms with Crippen LogP contribution in [-0.2, 0) is 11.2 Å². The van der Waals surface area contributed by atoms with Gasteiger partial charge in [0, 0.05) is 7.11 Å². The lowest BCUT2D eigenvalue weighted by Gasteiger charge is -2.41. The first kappa shape index (κ1) is 12.9. The lowest BCUT2D eigenvalue weighted by atomic mass is 9.76. The highest BCUT2D eigenvalue weighted by Gasteiger charge is 2.38. The molecule has 0 aliphatic heterocycles. The van der Waals surface area contributed by atoms with Crippen molar-refractivity contribution in [3.05, 3.63) is 35.4 Å². The largest absolute Gasteiger partial charge is 0.378 e. The first-order valence-corrected chi connectivity index (χ1v) is 6.91. The van der Waals surface area contributed by atoms with E-state index in [1.54, 1.807) is 0 Å². The molecular formula is C15H21ClO. The summed E-state index contributed by atoms with van der Waals surface area (Å²) in [5, 5.41) is 0.0705. The number of methoxy groups -OCH3 is 1. The Kier molecular flexibility index (Phi) is 4.11. The predicted molar refractivity (Wildman–Crippen MR) is 72.6 cm³/mol. The zero-order valence-corrected chi connectivity index (χ0v) is 11.5. The van der Waals surface area contributed by atoms with E-state index in [4.69, 9.17) is 16.3 Å². The average Bonchev–Trinajstić information content (AvgIpc) is 2.33. The molecule has 2 heteroatoms. The second-order valence-electron chi connectivity index (χ2n) is 5.01. The van der Waals surface area contributed by atoms with E-state index < -0.39 is 0 Å². The second-order valence-corrected chi connectivity index (χ2v) is 5.53. The minimum atomic E-state index is 0.0514. The molecule has 0 radical (unpaired) electrons. The van der Waals surface area contributed by atoms with Crippen molar-refractivity contribution in [2.24, 2.45) is 0 Å². The minimum Gasteiger partial charge on any atom is -0.378 e. The van der Waals surface area contributed by atoms with Gasteiger partial charge in [-0.3, -0.25) is 0 Å². The molecule has 1 aliphatic carbocycles. The fraction of sp³-hybridized carbons (Fsp3) is 0.600. The third kappa shape index (κ3) is 2.83. The summed E-state index contributed by atoms with van der Waals surface area (Å²) in [5.41, 5.74) is 2.63. The molecule has 1 aromatic carbocycles. The molecule has 1 unspecified atom stereocenters. The van der Waals surface area contributed by atoms with E-state index in [1.807, 2.05) is 7.11 Å². The number of ether oxygens (including phenoxy) is 1. The van der Waals surface area contributed by atoms with E-state index in [9.17, 15) is 0 Å². The van der Waals surface area contributed by atoms with Gasteiger partial charge in [0.05, 0.1) is 11.0 Å². The van der Waals surface area contributed by atoms with Crippen molar-refractivity contribution >= 4 is 11.6 Å². The number of hydrogen-bond acceptors (Lipinski definition) is 1. The van der Waals surface area contributed by atoms with Crippen molar-refractivity contribution in [3.8, 4) is 0 Å². The van der Waals surface area contributed by atoms with E-state index in [2.05, 4.69) is 31.2 Å². The summed E-state index contributed by atoms with van der Waals surface area (Å²) in [6, 6.07) is 8.65. The maximum Gasteiger partial charge on any atom is 0.0696 e. The van der Waals surface area contributed by atoms with Crippen LogP contribution in [0.15, 0.2) is 24.3 Å². The second kappa shape index (κ2) is 5.41. The van der Waals surface area contributed by atoms with E-state index in [0.29, 0.717) is 0 Å². The van der Waals surface area contributed by atoms with Gasteiger partial charge in [-0.2, -0.15) is 0 Å². The van der Waals surface area contributed by atoms with Gasteiger partial charge in [0.25, 0.3) is 0 Å². The van der Waals surface area contributed by atoms with Gasteiger partial charge < -0.3 is 4.74 Å². The highest BCUT2D eigenvalue weighted by molar-refractivity contribution is 6.20. The summed E-state index contributed by atoms with van der Waals surface area (Å²) in [5.74, 6) is 0. The van der Waals surface area contributed by atoms with E-state index in [0.717, 1.165) is 25.7 Å². The fourth-order valence-electron chi connectivity index (χ4n) is 2.47. The molecule has 2 rings (SSSR count). The number of alkyl halides is 1. The molecule has 0 heterocycles.